The second kappa shape index (κ2) is 39.9. The van der Waals surface area contributed by atoms with Gasteiger partial charge in [0.2, 0.25) is 0 Å². The van der Waals surface area contributed by atoms with Crippen LogP contribution in [0.4, 0.5) is 0 Å². The predicted octanol–water partition coefficient (Wildman–Crippen LogP) is 20.9. The van der Waals surface area contributed by atoms with Gasteiger partial charge in [-0.1, -0.05) is 151 Å². The van der Waals surface area contributed by atoms with E-state index in [9.17, 15) is 0 Å². The zero-order valence-corrected chi connectivity index (χ0v) is 44.7. The van der Waals surface area contributed by atoms with Gasteiger partial charge < -0.3 is 5.11 Å². The van der Waals surface area contributed by atoms with Gasteiger partial charge in [-0.3, -0.25) is 0 Å². The Morgan fingerprint density at radius 1 is 0.219 bits per heavy atom. The molecule has 1 heteroatoms. The fraction of sp³-hybridized carbons (Fsp3) is 0.587. The van der Waals surface area contributed by atoms with Gasteiger partial charge in [-0.2, -0.15) is 0 Å². The second-order valence-electron chi connectivity index (χ2n) is 19.9. The summed E-state index contributed by atoms with van der Waals surface area (Å²) >= 11 is 0. The molecule has 0 saturated carbocycles. The number of aliphatic hydroxyl groups excluding tert-OH is 1. The van der Waals surface area contributed by atoms with E-state index in [1.54, 1.807) is 0 Å². The zero-order chi connectivity index (χ0) is 48.0. The van der Waals surface area contributed by atoms with Crippen LogP contribution in [0.25, 0.3) is 0 Å². The van der Waals surface area contributed by atoms with Gasteiger partial charge in [0.15, 0.2) is 0 Å². The number of aliphatic hydroxyl groups is 1. The van der Waals surface area contributed by atoms with Gasteiger partial charge in [-0.05, 0) is 238 Å². The minimum absolute atomic E-state index is 0.148. The van der Waals surface area contributed by atoms with E-state index in [-0.39, 0.29) is 6.61 Å². The summed E-state index contributed by atoms with van der Waals surface area (Å²) in [6.45, 7) is 31.8. The summed E-state index contributed by atoms with van der Waals surface area (Å²) in [4.78, 5) is 0. The van der Waals surface area contributed by atoms with Crippen molar-refractivity contribution in [3.05, 3.63) is 151 Å². The van der Waals surface area contributed by atoms with Crippen LogP contribution in [0.1, 0.15) is 238 Å². The first-order valence-corrected chi connectivity index (χ1v) is 25.6. The lowest BCUT2D eigenvalue weighted by Crippen LogP contribution is -1.84. The molecule has 0 saturated heterocycles. The molecule has 1 nitrogen and oxygen atoms in total. The summed E-state index contributed by atoms with van der Waals surface area (Å²) in [5, 5.41) is 9.00. The first kappa shape index (κ1) is 60.6. The lowest BCUT2D eigenvalue weighted by Gasteiger charge is -2.04. The van der Waals surface area contributed by atoms with Crippen LogP contribution in [0, 0.1) is 0 Å². The van der Waals surface area contributed by atoms with Crippen molar-refractivity contribution in [3.8, 4) is 0 Å². The van der Waals surface area contributed by atoms with Gasteiger partial charge in [0.25, 0.3) is 0 Å². The van der Waals surface area contributed by atoms with Crippen LogP contribution >= 0.6 is 0 Å². The van der Waals surface area contributed by atoms with Crippen LogP contribution in [-0.2, 0) is 0 Å². The molecule has 0 fully saturated rings. The van der Waals surface area contributed by atoms with Gasteiger partial charge in [0, 0.05) is 0 Å². The predicted molar refractivity (Wildman–Crippen MR) is 293 cm³/mol. The third-order valence-electron chi connectivity index (χ3n) is 12.4. The summed E-state index contributed by atoms with van der Waals surface area (Å²) in [5.41, 5.74) is 19.3. The minimum atomic E-state index is 0.148. The van der Waals surface area contributed by atoms with Crippen LogP contribution in [0.5, 0.6) is 0 Å². The maximum Gasteiger partial charge on any atom is 0.0614 e. The Kier molecular flexibility index (Phi) is 37.8. The van der Waals surface area contributed by atoms with E-state index < -0.39 is 0 Å². The van der Waals surface area contributed by atoms with Crippen LogP contribution in [0.3, 0.4) is 0 Å². The number of hydrogen-bond acceptors (Lipinski definition) is 1. The van der Waals surface area contributed by atoms with Crippen molar-refractivity contribution in [1.29, 1.82) is 0 Å². The van der Waals surface area contributed by atoms with Gasteiger partial charge in [-0.25, -0.2) is 0 Å². The lowest BCUT2D eigenvalue weighted by atomic mass is 10.0. The van der Waals surface area contributed by atoms with E-state index in [0.717, 1.165) is 109 Å². The summed E-state index contributed by atoms with van der Waals surface area (Å²) in [6, 6.07) is 0. The maximum absolute atomic E-state index is 9.00. The molecule has 0 aromatic rings. The number of allylic oxidation sites excluding steroid dienone is 25. The van der Waals surface area contributed by atoms with Crippen molar-refractivity contribution in [2.75, 3.05) is 6.61 Å². The largest absolute Gasteiger partial charge is 0.392 e. The lowest BCUT2D eigenvalue weighted by molar-refractivity contribution is 0.341. The Bertz CT molecular complexity index is 1700. The van der Waals surface area contributed by atoms with E-state index >= 15 is 0 Å². The molecule has 0 unspecified atom stereocenters. The molecule has 0 heterocycles. The van der Waals surface area contributed by atoms with E-state index in [1.165, 1.54) is 105 Å². The highest BCUT2D eigenvalue weighted by Gasteiger charge is 1.99. The van der Waals surface area contributed by atoms with Crippen LogP contribution in [-0.4, -0.2) is 11.7 Å². The molecule has 0 aromatic heterocycles. The first-order chi connectivity index (χ1) is 30.5. The Morgan fingerprint density at radius 3 is 0.625 bits per heavy atom. The summed E-state index contributed by atoms with van der Waals surface area (Å²) in [7, 11) is 0. The Morgan fingerprint density at radius 2 is 0.391 bits per heavy atom. The molecule has 0 aliphatic carbocycles. The van der Waals surface area contributed by atoms with Crippen molar-refractivity contribution in [1.82, 2.24) is 0 Å². The van der Waals surface area contributed by atoms with Gasteiger partial charge in [0.05, 0.1) is 6.61 Å². The zero-order valence-electron chi connectivity index (χ0n) is 44.7. The molecule has 0 spiro atoms. The molecule has 0 aliphatic rings. The highest BCUT2D eigenvalue weighted by Crippen LogP contribution is 2.19. The molecule has 0 aromatic carbocycles. The van der Waals surface area contributed by atoms with E-state index in [2.05, 4.69) is 170 Å². The van der Waals surface area contributed by atoms with Crippen molar-refractivity contribution in [2.24, 2.45) is 0 Å². The average molecular weight is 876 g/mol. The highest BCUT2D eigenvalue weighted by molar-refractivity contribution is 5.15. The molecular formula is C63H102O. The highest BCUT2D eigenvalue weighted by atomic mass is 16.2. The van der Waals surface area contributed by atoms with E-state index in [4.69, 9.17) is 5.11 Å². The molecule has 0 bridgehead atoms. The normalized spacial score (nSPS) is 15.2. The molecule has 64 heavy (non-hydrogen) atoms. The van der Waals surface area contributed by atoms with Crippen LogP contribution < -0.4 is 0 Å². The molecule has 1 N–H and O–H groups in total. The molecule has 0 radical (unpaired) electrons. The monoisotopic (exact) mass is 875 g/mol. The van der Waals surface area contributed by atoms with Crippen molar-refractivity contribution in [2.45, 2.75) is 238 Å². The number of rotatable bonds is 35. The average Bonchev–Trinajstić information content (AvgIpc) is 3.22. The first-order valence-electron chi connectivity index (χ1n) is 25.6. The maximum atomic E-state index is 9.00. The fourth-order valence-corrected chi connectivity index (χ4v) is 7.52. The molecule has 0 rings (SSSR count). The summed E-state index contributed by atoms with van der Waals surface area (Å²) < 4.78 is 0. The molecule has 0 atom stereocenters. The van der Waals surface area contributed by atoms with E-state index in [0.29, 0.717) is 0 Å². The smallest absolute Gasteiger partial charge is 0.0614 e. The summed E-state index contributed by atoms with van der Waals surface area (Å²) in [6.07, 6.45) is 56.1. The Labute approximate surface area is 399 Å². The SMILES string of the molecule is CC(C)=CCC/C(C)=C/C/C(C)=C/C/C(C)=C/CC/C(C)=C\CC/C(C)=C\CC/C(C)=C\CC/C(C)=C\CC/C(C)=C\CC/C(C)=C\CC/C(C)=C\CC/C(C)=C\CC/C(C)=C\CO. The minimum Gasteiger partial charge on any atom is -0.392 e. The van der Waals surface area contributed by atoms with Crippen molar-refractivity contribution in [3.63, 3.8) is 0 Å². The summed E-state index contributed by atoms with van der Waals surface area (Å²) in [5.74, 6) is 0. The van der Waals surface area contributed by atoms with Gasteiger partial charge >= 0.3 is 0 Å². The van der Waals surface area contributed by atoms with Crippen LogP contribution in [0.15, 0.2) is 151 Å². The third kappa shape index (κ3) is 40.1. The third-order valence-corrected chi connectivity index (χ3v) is 12.4. The number of hydrogen-bond donors (Lipinski definition) is 1. The van der Waals surface area contributed by atoms with E-state index in [1.807, 2.05) is 6.08 Å². The molecule has 0 aliphatic heterocycles. The standard InChI is InChI=1S/C63H102O/c1-51(2)25-15-26-60(11)45-47-63(14)48-46-61(12)43-23-41-58(9)39-21-37-56(7)35-19-33-54(5)31-17-29-52(3)27-16-28-53(4)30-18-32-55(6)34-20-36-57(8)38-22-40-59(10)42-24-44-62(13)49-50-64/h25,27,30-31,34-35,38-39,42-43,45,48-49,64H,15-24,26,28-29,32-33,36-37,40-41,44,46-47,50H2,1-14H3/b52-27-,53-30-,54-31-,55-34-,56-35-,57-38-,58-39-,59-42-,60-45+,61-43+,62-49-,63-48+. The second-order valence-corrected chi connectivity index (χ2v) is 19.9. The quantitative estimate of drug-likeness (QED) is 0.0629. The molecule has 360 valence electrons. The topological polar surface area (TPSA) is 20.2 Å². The molecular weight excluding hydrogens is 773 g/mol. The van der Waals surface area contributed by atoms with Gasteiger partial charge in [-0.15, -0.1) is 0 Å². The molecule has 0 amide bonds. The van der Waals surface area contributed by atoms with Crippen LogP contribution in [0.2, 0.25) is 0 Å². The van der Waals surface area contributed by atoms with Crippen molar-refractivity contribution >= 4 is 0 Å². The van der Waals surface area contributed by atoms with Crippen molar-refractivity contribution < 1.29 is 5.11 Å². The fourth-order valence-electron chi connectivity index (χ4n) is 7.52. The Balaban J connectivity index is 4.33. The Hall–Kier alpha value is -3.42. The van der Waals surface area contributed by atoms with Gasteiger partial charge in [0.1, 0.15) is 0 Å².